The third kappa shape index (κ3) is 5.23. The second-order valence-electron chi connectivity index (χ2n) is 4.73. The van der Waals surface area contributed by atoms with Gasteiger partial charge in [0.2, 0.25) is 11.8 Å². The summed E-state index contributed by atoms with van der Waals surface area (Å²) in [5, 5.41) is 2.97. The first-order chi connectivity index (χ1) is 8.04. The van der Waals surface area contributed by atoms with Gasteiger partial charge in [0, 0.05) is 25.6 Å². The van der Waals surface area contributed by atoms with Gasteiger partial charge in [-0.15, -0.1) is 12.4 Å². The molecule has 0 spiro atoms. The first-order valence-corrected chi connectivity index (χ1v) is 6.38. The van der Waals surface area contributed by atoms with E-state index in [1.807, 2.05) is 6.92 Å². The van der Waals surface area contributed by atoms with Gasteiger partial charge in [-0.3, -0.25) is 9.59 Å². The molecular formula is C12H24ClN3O2. The molecule has 1 aliphatic rings. The topological polar surface area (TPSA) is 75.4 Å². The Bertz CT molecular complexity index is 284. The van der Waals surface area contributed by atoms with Gasteiger partial charge in [-0.25, -0.2) is 0 Å². The lowest BCUT2D eigenvalue weighted by atomic mass is 10.0. The van der Waals surface area contributed by atoms with Gasteiger partial charge in [0.1, 0.15) is 0 Å². The van der Waals surface area contributed by atoms with Crippen LogP contribution in [0.3, 0.4) is 0 Å². The van der Waals surface area contributed by atoms with E-state index in [0.29, 0.717) is 13.0 Å². The third-order valence-electron chi connectivity index (χ3n) is 2.96. The Balaban J connectivity index is 0.00000289. The van der Waals surface area contributed by atoms with E-state index in [-0.39, 0.29) is 30.3 Å². The van der Waals surface area contributed by atoms with Crippen LogP contribution < -0.4 is 11.1 Å². The lowest BCUT2D eigenvalue weighted by Crippen LogP contribution is -2.52. The summed E-state index contributed by atoms with van der Waals surface area (Å²) in [5.74, 6) is 0.0482. The number of likely N-dealkylation sites (tertiary alicyclic amines) is 1. The number of hydrogen-bond acceptors (Lipinski definition) is 3. The zero-order valence-corrected chi connectivity index (χ0v) is 12.0. The van der Waals surface area contributed by atoms with Gasteiger partial charge in [-0.1, -0.05) is 6.92 Å². The van der Waals surface area contributed by atoms with E-state index in [9.17, 15) is 9.59 Å². The minimum Gasteiger partial charge on any atom is -0.352 e. The molecule has 1 fully saturated rings. The molecule has 0 aliphatic carbocycles. The highest BCUT2D eigenvalue weighted by atomic mass is 35.5. The molecule has 1 heterocycles. The van der Waals surface area contributed by atoms with Crippen molar-refractivity contribution in [3.05, 3.63) is 0 Å². The van der Waals surface area contributed by atoms with Crippen LogP contribution in [0.1, 0.15) is 39.5 Å². The number of amides is 2. The molecule has 1 unspecified atom stereocenters. The predicted octanol–water partition coefficient (Wildman–Crippen LogP) is 0.663. The minimum atomic E-state index is -0.458. The molecule has 2 amide bonds. The largest absolute Gasteiger partial charge is 0.352 e. The molecule has 1 aliphatic heterocycles. The summed E-state index contributed by atoms with van der Waals surface area (Å²) in [5.41, 5.74) is 5.58. The number of piperidine rings is 1. The quantitative estimate of drug-likeness (QED) is 0.793. The Morgan fingerprint density at radius 2 is 2.17 bits per heavy atom. The Kier molecular flexibility index (Phi) is 7.95. The SMILES string of the molecule is CCCC(=O)NC1CCCN(C(=O)[C@@H](C)N)C1.Cl. The molecule has 0 radical (unpaired) electrons. The zero-order chi connectivity index (χ0) is 12.8. The van der Waals surface area contributed by atoms with Crippen LogP contribution in [0.4, 0.5) is 0 Å². The lowest BCUT2D eigenvalue weighted by Gasteiger charge is -2.34. The summed E-state index contributed by atoms with van der Waals surface area (Å²) in [7, 11) is 0. The highest BCUT2D eigenvalue weighted by Crippen LogP contribution is 2.11. The van der Waals surface area contributed by atoms with Crippen molar-refractivity contribution < 1.29 is 9.59 Å². The van der Waals surface area contributed by atoms with E-state index < -0.39 is 6.04 Å². The molecule has 1 rings (SSSR count). The van der Waals surface area contributed by atoms with Crippen molar-refractivity contribution in [2.24, 2.45) is 5.73 Å². The lowest BCUT2D eigenvalue weighted by molar-refractivity contribution is -0.134. The van der Waals surface area contributed by atoms with E-state index in [1.54, 1.807) is 11.8 Å². The summed E-state index contributed by atoms with van der Waals surface area (Å²) in [4.78, 5) is 25.0. The first kappa shape index (κ1) is 17.2. The van der Waals surface area contributed by atoms with Crippen LogP contribution in [0.5, 0.6) is 0 Å². The molecule has 106 valence electrons. The van der Waals surface area contributed by atoms with E-state index in [1.165, 1.54) is 0 Å². The summed E-state index contributed by atoms with van der Waals surface area (Å²) in [6.07, 6.45) is 3.27. The van der Waals surface area contributed by atoms with Gasteiger partial charge in [-0.05, 0) is 26.2 Å². The van der Waals surface area contributed by atoms with E-state index in [0.717, 1.165) is 25.8 Å². The molecule has 18 heavy (non-hydrogen) atoms. The van der Waals surface area contributed by atoms with Crippen molar-refractivity contribution in [3.8, 4) is 0 Å². The molecule has 0 saturated carbocycles. The Morgan fingerprint density at radius 1 is 1.50 bits per heavy atom. The highest BCUT2D eigenvalue weighted by Gasteiger charge is 2.25. The van der Waals surface area contributed by atoms with Gasteiger partial charge in [0.15, 0.2) is 0 Å². The second-order valence-corrected chi connectivity index (χ2v) is 4.73. The number of nitrogens with one attached hydrogen (secondary N) is 1. The maximum absolute atomic E-state index is 11.7. The van der Waals surface area contributed by atoms with E-state index >= 15 is 0 Å². The number of nitrogens with zero attached hydrogens (tertiary/aromatic N) is 1. The number of rotatable bonds is 4. The number of halogens is 1. The summed E-state index contributed by atoms with van der Waals surface area (Å²) in [6.45, 7) is 5.02. The van der Waals surface area contributed by atoms with Crippen molar-refractivity contribution in [1.29, 1.82) is 0 Å². The number of carbonyl (C=O) groups is 2. The normalized spacial score (nSPS) is 20.8. The summed E-state index contributed by atoms with van der Waals surface area (Å²) < 4.78 is 0. The number of hydrogen-bond donors (Lipinski definition) is 2. The number of carbonyl (C=O) groups excluding carboxylic acids is 2. The molecule has 6 heteroatoms. The molecule has 0 aromatic carbocycles. The van der Waals surface area contributed by atoms with Crippen molar-refractivity contribution in [3.63, 3.8) is 0 Å². The van der Waals surface area contributed by atoms with Gasteiger partial charge in [0.25, 0.3) is 0 Å². The Hall–Kier alpha value is -0.810. The average Bonchev–Trinajstić information content (AvgIpc) is 2.28. The van der Waals surface area contributed by atoms with Crippen LogP contribution in [-0.2, 0) is 9.59 Å². The van der Waals surface area contributed by atoms with Crippen LogP contribution in [0, 0.1) is 0 Å². The number of nitrogens with two attached hydrogens (primary N) is 1. The van der Waals surface area contributed by atoms with Crippen LogP contribution in [0.15, 0.2) is 0 Å². The maximum atomic E-state index is 11.7. The molecule has 1 saturated heterocycles. The Morgan fingerprint density at radius 3 is 2.72 bits per heavy atom. The minimum absolute atomic E-state index is 0. The summed E-state index contributed by atoms with van der Waals surface area (Å²) in [6, 6.07) is -0.370. The van der Waals surface area contributed by atoms with Crippen LogP contribution in [0.2, 0.25) is 0 Å². The fourth-order valence-corrected chi connectivity index (χ4v) is 2.11. The van der Waals surface area contributed by atoms with E-state index in [4.69, 9.17) is 5.73 Å². The van der Waals surface area contributed by atoms with Crippen molar-refractivity contribution in [2.75, 3.05) is 13.1 Å². The first-order valence-electron chi connectivity index (χ1n) is 6.38. The fourth-order valence-electron chi connectivity index (χ4n) is 2.11. The van der Waals surface area contributed by atoms with Gasteiger partial charge < -0.3 is 16.0 Å². The molecule has 0 aromatic heterocycles. The third-order valence-corrected chi connectivity index (χ3v) is 2.96. The van der Waals surface area contributed by atoms with Crippen LogP contribution in [0.25, 0.3) is 0 Å². The van der Waals surface area contributed by atoms with Crippen LogP contribution >= 0.6 is 12.4 Å². The van der Waals surface area contributed by atoms with Gasteiger partial charge in [-0.2, -0.15) is 0 Å². The molecule has 5 nitrogen and oxygen atoms in total. The smallest absolute Gasteiger partial charge is 0.239 e. The van der Waals surface area contributed by atoms with Crippen LogP contribution in [-0.4, -0.2) is 41.9 Å². The molecule has 0 bridgehead atoms. The Labute approximate surface area is 115 Å². The second kappa shape index (κ2) is 8.32. The molecule has 0 aromatic rings. The van der Waals surface area contributed by atoms with Crippen molar-refractivity contribution in [1.82, 2.24) is 10.2 Å². The molecule has 3 N–H and O–H groups in total. The maximum Gasteiger partial charge on any atom is 0.239 e. The monoisotopic (exact) mass is 277 g/mol. The van der Waals surface area contributed by atoms with Crippen molar-refractivity contribution in [2.45, 2.75) is 51.6 Å². The van der Waals surface area contributed by atoms with Crippen molar-refractivity contribution >= 4 is 24.2 Å². The van der Waals surface area contributed by atoms with Gasteiger partial charge >= 0.3 is 0 Å². The standard InChI is InChI=1S/C12H23N3O2.ClH/c1-3-5-11(16)14-10-6-4-7-15(8-10)12(17)9(2)13;/h9-10H,3-8,13H2,1-2H3,(H,14,16);1H/t9-,10?;/m1./s1. The molecule has 2 atom stereocenters. The highest BCUT2D eigenvalue weighted by molar-refractivity contribution is 5.85. The average molecular weight is 278 g/mol. The summed E-state index contributed by atoms with van der Waals surface area (Å²) >= 11 is 0. The molecular weight excluding hydrogens is 254 g/mol. The van der Waals surface area contributed by atoms with E-state index in [2.05, 4.69) is 5.32 Å². The fraction of sp³-hybridized carbons (Fsp3) is 0.833. The van der Waals surface area contributed by atoms with Gasteiger partial charge in [0.05, 0.1) is 6.04 Å². The zero-order valence-electron chi connectivity index (χ0n) is 11.1. The predicted molar refractivity (Wildman–Crippen MR) is 73.6 cm³/mol.